The van der Waals surface area contributed by atoms with Crippen LogP contribution < -0.4 is 9.47 Å². The van der Waals surface area contributed by atoms with E-state index in [1.165, 1.54) is 0 Å². The minimum absolute atomic E-state index is 0.0275. The fourth-order valence-electron chi connectivity index (χ4n) is 5.27. The Balaban J connectivity index is 1.01. The maximum absolute atomic E-state index is 6.23. The number of aliphatic imine (C=N–C) groups is 2. The van der Waals surface area contributed by atoms with Crippen molar-refractivity contribution >= 4 is 11.8 Å². The Bertz CT molecular complexity index is 1660. The number of pyridine rings is 1. The van der Waals surface area contributed by atoms with Gasteiger partial charge in [0.25, 0.3) is 0 Å². The van der Waals surface area contributed by atoms with Crippen molar-refractivity contribution in [2.75, 3.05) is 13.2 Å². The maximum atomic E-state index is 6.23. The third kappa shape index (κ3) is 6.17. The molecule has 0 aliphatic carbocycles. The van der Waals surface area contributed by atoms with Gasteiger partial charge in [-0.3, -0.25) is 4.98 Å². The number of hydrogen-bond donors (Lipinski definition) is 0. The van der Waals surface area contributed by atoms with Gasteiger partial charge < -0.3 is 18.9 Å². The Labute approximate surface area is 256 Å². The lowest BCUT2D eigenvalue weighted by molar-refractivity contribution is 0.285. The highest BCUT2D eigenvalue weighted by atomic mass is 16.5. The second-order valence-corrected chi connectivity index (χ2v) is 10.5. The number of hydrogen-bond acceptors (Lipinski definition) is 7. The molecule has 1 aromatic heterocycles. The summed E-state index contributed by atoms with van der Waals surface area (Å²) in [6.07, 6.45) is 0. The Morgan fingerprint density at radius 2 is 0.932 bits per heavy atom. The first-order valence-corrected chi connectivity index (χ1v) is 14.7. The first-order chi connectivity index (χ1) is 21.8. The minimum Gasteiger partial charge on any atom is -0.486 e. The van der Waals surface area contributed by atoms with E-state index in [2.05, 4.69) is 24.3 Å². The minimum atomic E-state index is -0.0275. The van der Waals surface area contributed by atoms with Crippen LogP contribution in [0.15, 0.2) is 137 Å². The number of para-hydroxylation sites is 2. The van der Waals surface area contributed by atoms with Crippen LogP contribution in [-0.2, 0) is 22.7 Å². The second-order valence-electron chi connectivity index (χ2n) is 10.5. The zero-order valence-corrected chi connectivity index (χ0v) is 24.1. The molecule has 0 radical (unpaired) electrons. The van der Waals surface area contributed by atoms with E-state index < -0.39 is 0 Å². The fraction of sp³-hybridized carbons (Fsp3) is 0.162. The lowest BCUT2D eigenvalue weighted by atomic mass is 10.1. The number of ether oxygens (including phenoxy) is 4. The van der Waals surface area contributed by atoms with E-state index >= 15 is 0 Å². The van der Waals surface area contributed by atoms with E-state index in [-0.39, 0.29) is 12.1 Å². The highest BCUT2D eigenvalue weighted by Crippen LogP contribution is 2.30. The first-order valence-electron chi connectivity index (χ1n) is 14.7. The van der Waals surface area contributed by atoms with Gasteiger partial charge in [-0.2, -0.15) is 0 Å². The van der Waals surface area contributed by atoms with Crippen LogP contribution in [0, 0.1) is 0 Å². The van der Waals surface area contributed by atoms with Crippen LogP contribution >= 0.6 is 0 Å². The predicted octanol–water partition coefficient (Wildman–Crippen LogP) is 7.28. The normalized spacial score (nSPS) is 17.3. The highest BCUT2D eigenvalue weighted by molar-refractivity contribution is 5.98. The van der Waals surface area contributed by atoms with Gasteiger partial charge in [-0.05, 0) is 47.5 Å². The summed E-state index contributed by atoms with van der Waals surface area (Å²) in [5.41, 5.74) is 5.50. The topological polar surface area (TPSA) is 74.5 Å². The molecule has 0 fully saturated rings. The summed E-state index contributed by atoms with van der Waals surface area (Å²) in [6.45, 7) is 1.60. The van der Waals surface area contributed by atoms with Gasteiger partial charge in [0, 0.05) is 0 Å². The molecule has 7 nitrogen and oxygen atoms in total. The van der Waals surface area contributed by atoms with Gasteiger partial charge in [-0.25, -0.2) is 9.98 Å². The monoisotopic (exact) mass is 581 g/mol. The standard InChI is InChI=1S/C37H31N3O4/c1-3-12-26(13-4-1)32-24-43-36(39-32)30-18-7-9-20-34(30)41-22-28-16-11-17-29(38-28)23-42-35-21-10-8-19-31(35)37-40-33(25-44-37)27-14-5-2-6-15-27/h1-21,32-33H,22-25H2/t32-,33-/m0/s1. The molecule has 2 aliphatic heterocycles. The molecule has 0 spiro atoms. The van der Waals surface area contributed by atoms with Crippen LogP contribution in [0.5, 0.6) is 11.5 Å². The molecule has 5 aromatic rings. The summed E-state index contributed by atoms with van der Waals surface area (Å²) >= 11 is 0. The molecule has 2 atom stereocenters. The van der Waals surface area contributed by atoms with Gasteiger partial charge in [-0.15, -0.1) is 0 Å². The molecule has 4 aromatic carbocycles. The van der Waals surface area contributed by atoms with Crippen molar-refractivity contribution in [3.63, 3.8) is 0 Å². The average molecular weight is 582 g/mol. The van der Waals surface area contributed by atoms with E-state index in [1.54, 1.807) is 0 Å². The second kappa shape index (κ2) is 12.8. The third-order valence-corrected chi connectivity index (χ3v) is 7.52. The molecule has 7 heteroatoms. The molecule has 0 saturated carbocycles. The van der Waals surface area contributed by atoms with Gasteiger partial charge in [0.15, 0.2) is 0 Å². The lowest BCUT2D eigenvalue weighted by Crippen LogP contribution is -2.08. The van der Waals surface area contributed by atoms with Gasteiger partial charge in [0.2, 0.25) is 11.8 Å². The first kappa shape index (κ1) is 27.4. The van der Waals surface area contributed by atoms with Crippen LogP contribution in [0.4, 0.5) is 0 Å². The molecule has 2 aliphatic rings. The van der Waals surface area contributed by atoms with Gasteiger partial charge in [0.1, 0.15) is 50.0 Å². The number of benzene rings is 4. The van der Waals surface area contributed by atoms with Crippen molar-refractivity contribution in [1.82, 2.24) is 4.98 Å². The molecule has 7 rings (SSSR count). The van der Waals surface area contributed by atoms with Crippen molar-refractivity contribution < 1.29 is 18.9 Å². The zero-order valence-electron chi connectivity index (χ0n) is 24.1. The largest absolute Gasteiger partial charge is 0.486 e. The van der Waals surface area contributed by atoms with Crippen LogP contribution in [-0.4, -0.2) is 30.0 Å². The van der Waals surface area contributed by atoms with Gasteiger partial charge in [0.05, 0.1) is 22.5 Å². The van der Waals surface area contributed by atoms with Crippen molar-refractivity contribution in [2.45, 2.75) is 25.3 Å². The van der Waals surface area contributed by atoms with Crippen LogP contribution in [0.3, 0.4) is 0 Å². The van der Waals surface area contributed by atoms with Crippen LogP contribution in [0.25, 0.3) is 0 Å². The van der Waals surface area contributed by atoms with E-state index in [4.69, 9.17) is 33.9 Å². The van der Waals surface area contributed by atoms with Crippen molar-refractivity contribution in [2.24, 2.45) is 9.98 Å². The molecule has 0 amide bonds. The summed E-state index contributed by atoms with van der Waals surface area (Å²) in [4.78, 5) is 14.5. The molecular weight excluding hydrogens is 550 g/mol. The van der Waals surface area contributed by atoms with E-state index in [0.717, 1.165) is 33.6 Å². The fourth-order valence-corrected chi connectivity index (χ4v) is 5.27. The maximum Gasteiger partial charge on any atom is 0.220 e. The molecule has 0 saturated heterocycles. The third-order valence-electron chi connectivity index (χ3n) is 7.52. The smallest absolute Gasteiger partial charge is 0.220 e. The predicted molar refractivity (Wildman–Crippen MR) is 169 cm³/mol. The quantitative estimate of drug-likeness (QED) is 0.173. The van der Waals surface area contributed by atoms with E-state index in [1.807, 2.05) is 103 Å². The molecule has 0 unspecified atom stereocenters. The SMILES string of the molecule is c1ccc([C@@H]2COC(c3ccccc3OCc3cccc(COc4ccccc4C4=N[C@H](c5ccccc5)CO4)n3)=N2)cc1. The van der Waals surface area contributed by atoms with E-state index in [0.29, 0.717) is 49.7 Å². The average Bonchev–Trinajstić information content (AvgIpc) is 3.79. The van der Waals surface area contributed by atoms with Gasteiger partial charge >= 0.3 is 0 Å². The lowest BCUT2D eigenvalue weighted by Gasteiger charge is -2.13. The zero-order chi connectivity index (χ0) is 29.6. The Kier molecular flexibility index (Phi) is 7.99. The molecule has 0 bridgehead atoms. The molecule has 0 N–H and O–H groups in total. The summed E-state index contributed by atoms with van der Waals surface area (Å²) < 4.78 is 24.4. The molecule has 44 heavy (non-hydrogen) atoms. The van der Waals surface area contributed by atoms with Crippen molar-refractivity contribution in [1.29, 1.82) is 0 Å². The summed E-state index contributed by atoms with van der Waals surface area (Å²) in [5, 5.41) is 0. The number of rotatable bonds is 10. The number of aromatic nitrogens is 1. The van der Waals surface area contributed by atoms with Crippen molar-refractivity contribution in [3.8, 4) is 11.5 Å². The highest BCUT2D eigenvalue weighted by Gasteiger charge is 2.25. The van der Waals surface area contributed by atoms with Crippen LogP contribution in [0.1, 0.15) is 45.7 Å². The molecule has 218 valence electrons. The molecule has 3 heterocycles. The summed E-state index contributed by atoms with van der Waals surface area (Å²) in [5.74, 6) is 2.58. The van der Waals surface area contributed by atoms with E-state index in [9.17, 15) is 0 Å². The Morgan fingerprint density at radius 1 is 0.500 bits per heavy atom. The summed E-state index contributed by atoms with van der Waals surface area (Å²) in [7, 11) is 0. The summed E-state index contributed by atoms with van der Waals surface area (Å²) in [6, 6.07) is 41.8. The number of nitrogens with zero attached hydrogens (tertiary/aromatic N) is 3. The van der Waals surface area contributed by atoms with Crippen molar-refractivity contribution in [3.05, 3.63) is 161 Å². The van der Waals surface area contributed by atoms with Crippen LogP contribution in [0.2, 0.25) is 0 Å². The Hall–Kier alpha value is -5.43. The molecular formula is C37H31N3O4. The Morgan fingerprint density at radius 3 is 1.41 bits per heavy atom. The van der Waals surface area contributed by atoms with Gasteiger partial charge in [-0.1, -0.05) is 91.0 Å².